The molecule has 96 valence electrons. The van der Waals surface area contributed by atoms with Gasteiger partial charge >= 0.3 is 0 Å². The smallest absolute Gasteiger partial charge is 0.294 e. The standard InChI is InChI=1S/C10H15NO5S/c1-11-6-8(12)10(13)7-4-2-3-5-9(7)17(14,15)16/h2-5,8,10-13H,6H2,1H3,(H,14,15,16). The molecule has 1 rings (SSSR count). The van der Waals surface area contributed by atoms with E-state index in [-0.39, 0.29) is 12.1 Å². The van der Waals surface area contributed by atoms with Gasteiger partial charge in [-0.3, -0.25) is 4.55 Å². The molecule has 7 heteroatoms. The second-order valence-electron chi connectivity index (χ2n) is 3.58. The fourth-order valence-electron chi connectivity index (χ4n) is 1.49. The number of likely N-dealkylation sites (N-methyl/N-ethyl adjacent to an activating group) is 1. The fraction of sp³-hybridized carbons (Fsp3) is 0.400. The molecule has 0 aliphatic heterocycles. The first-order chi connectivity index (χ1) is 7.88. The Morgan fingerprint density at radius 1 is 1.29 bits per heavy atom. The van der Waals surface area contributed by atoms with E-state index in [1.807, 2.05) is 0 Å². The lowest BCUT2D eigenvalue weighted by Crippen LogP contribution is -2.30. The molecule has 0 bridgehead atoms. The Balaban J connectivity index is 3.14. The first kappa shape index (κ1) is 14.1. The summed E-state index contributed by atoms with van der Waals surface area (Å²) in [6.45, 7) is 0.0982. The average molecular weight is 261 g/mol. The van der Waals surface area contributed by atoms with Crippen molar-refractivity contribution in [3.63, 3.8) is 0 Å². The van der Waals surface area contributed by atoms with E-state index in [0.29, 0.717) is 0 Å². The van der Waals surface area contributed by atoms with E-state index in [9.17, 15) is 18.6 Å². The first-order valence-electron chi connectivity index (χ1n) is 4.95. The molecule has 17 heavy (non-hydrogen) atoms. The SMILES string of the molecule is CNCC(O)C(O)c1ccccc1S(=O)(=O)O. The third-order valence-corrected chi connectivity index (χ3v) is 3.22. The maximum absolute atomic E-state index is 11.1. The van der Waals surface area contributed by atoms with Crippen molar-refractivity contribution in [2.75, 3.05) is 13.6 Å². The Bertz CT molecular complexity index is 473. The summed E-state index contributed by atoms with van der Waals surface area (Å²) in [7, 11) is -2.83. The van der Waals surface area contributed by atoms with Gasteiger partial charge in [-0.1, -0.05) is 18.2 Å². The van der Waals surface area contributed by atoms with Gasteiger partial charge in [0.2, 0.25) is 0 Å². The van der Waals surface area contributed by atoms with Crippen molar-refractivity contribution in [3.05, 3.63) is 29.8 Å². The molecule has 0 fully saturated rings. The Kier molecular flexibility index (Phi) is 4.61. The van der Waals surface area contributed by atoms with Gasteiger partial charge in [-0.2, -0.15) is 8.42 Å². The van der Waals surface area contributed by atoms with E-state index in [1.165, 1.54) is 24.3 Å². The van der Waals surface area contributed by atoms with Crippen molar-refractivity contribution >= 4 is 10.1 Å². The highest BCUT2D eigenvalue weighted by molar-refractivity contribution is 7.85. The van der Waals surface area contributed by atoms with Crippen molar-refractivity contribution in [1.82, 2.24) is 5.32 Å². The van der Waals surface area contributed by atoms with E-state index in [1.54, 1.807) is 7.05 Å². The van der Waals surface area contributed by atoms with Gasteiger partial charge in [0, 0.05) is 12.1 Å². The number of aliphatic hydroxyl groups excluding tert-OH is 2. The minimum atomic E-state index is -4.42. The molecular formula is C10H15NO5S. The van der Waals surface area contributed by atoms with Crippen molar-refractivity contribution in [2.45, 2.75) is 17.1 Å². The lowest BCUT2D eigenvalue weighted by atomic mass is 10.0. The number of hydrogen-bond donors (Lipinski definition) is 4. The molecule has 0 aromatic heterocycles. The molecule has 6 nitrogen and oxygen atoms in total. The maximum Gasteiger partial charge on any atom is 0.294 e. The highest BCUT2D eigenvalue weighted by Crippen LogP contribution is 2.24. The van der Waals surface area contributed by atoms with Gasteiger partial charge in [-0.15, -0.1) is 0 Å². The minimum Gasteiger partial charge on any atom is -0.389 e. The van der Waals surface area contributed by atoms with E-state index in [2.05, 4.69) is 5.32 Å². The summed E-state index contributed by atoms with van der Waals surface area (Å²) < 4.78 is 31.2. The highest BCUT2D eigenvalue weighted by atomic mass is 32.2. The fourth-order valence-corrected chi connectivity index (χ4v) is 2.23. The predicted octanol–water partition coefficient (Wildman–Crippen LogP) is -0.453. The Morgan fingerprint density at radius 3 is 2.41 bits per heavy atom. The maximum atomic E-state index is 11.1. The molecule has 0 amide bonds. The van der Waals surface area contributed by atoms with Crippen molar-refractivity contribution < 1.29 is 23.2 Å². The van der Waals surface area contributed by atoms with Gasteiger partial charge in [-0.05, 0) is 13.1 Å². The molecule has 0 saturated heterocycles. The first-order valence-corrected chi connectivity index (χ1v) is 6.39. The van der Waals surface area contributed by atoms with Crippen LogP contribution in [0, 0.1) is 0 Å². The van der Waals surface area contributed by atoms with Gasteiger partial charge in [0.05, 0.1) is 11.0 Å². The largest absolute Gasteiger partial charge is 0.389 e. The van der Waals surface area contributed by atoms with Crippen LogP contribution in [0.1, 0.15) is 11.7 Å². The summed E-state index contributed by atoms with van der Waals surface area (Å²) >= 11 is 0. The zero-order chi connectivity index (χ0) is 13.1. The van der Waals surface area contributed by atoms with Crippen LogP contribution in [0.3, 0.4) is 0 Å². The van der Waals surface area contributed by atoms with Crippen LogP contribution in [0.25, 0.3) is 0 Å². The monoisotopic (exact) mass is 261 g/mol. The predicted molar refractivity (Wildman–Crippen MR) is 61.1 cm³/mol. The molecule has 1 aromatic rings. The molecule has 0 radical (unpaired) electrons. The van der Waals surface area contributed by atoms with E-state index in [0.717, 1.165) is 0 Å². The topological polar surface area (TPSA) is 107 Å². The summed E-state index contributed by atoms with van der Waals surface area (Å²) in [5.41, 5.74) is -0.0299. The zero-order valence-electron chi connectivity index (χ0n) is 9.24. The van der Waals surface area contributed by atoms with Crippen LogP contribution in [-0.2, 0) is 10.1 Å². The molecule has 2 unspecified atom stereocenters. The second-order valence-corrected chi connectivity index (χ2v) is 4.97. The molecule has 2 atom stereocenters. The summed E-state index contributed by atoms with van der Waals surface area (Å²) in [6.07, 6.45) is -2.55. The lowest BCUT2D eigenvalue weighted by Gasteiger charge is -2.19. The van der Waals surface area contributed by atoms with Crippen LogP contribution >= 0.6 is 0 Å². The number of rotatable bonds is 5. The summed E-state index contributed by atoms with van der Waals surface area (Å²) in [4.78, 5) is -0.400. The molecule has 0 aliphatic carbocycles. The summed E-state index contributed by atoms with van der Waals surface area (Å²) in [6, 6.07) is 5.44. The van der Waals surface area contributed by atoms with Crippen LogP contribution < -0.4 is 5.32 Å². The molecule has 0 spiro atoms. The number of benzene rings is 1. The van der Waals surface area contributed by atoms with E-state index in [4.69, 9.17) is 4.55 Å². The van der Waals surface area contributed by atoms with Crippen LogP contribution in [0.4, 0.5) is 0 Å². The van der Waals surface area contributed by atoms with Crippen LogP contribution in [0.5, 0.6) is 0 Å². The molecule has 4 N–H and O–H groups in total. The molecule has 1 aromatic carbocycles. The van der Waals surface area contributed by atoms with Crippen LogP contribution in [0.15, 0.2) is 29.2 Å². The number of nitrogens with one attached hydrogen (secondary N) is 1. The Hall–Kier alpha value is -0.990. The molecular weight excluding hydrogens is 246 g/mol. The molecule has 0 heterocycles. The number of aliphatic hydroxyl groups is 2. The Morgan fingerprint density at radius 2 is 1.88 bits per heavy atom. The van der Waals surface area contributed by atoms with E-state index >= 15 is 0 Å². The molecule has 0 saturated carbocycles. The van der Waals surface area contributed by atoms with Crippen LogP contribution in [-0.4, -0.2) is 42.9 Å². The second kappa shape index (κ2) is 5.56. The van der Waals surface area contributed by atoms with Gasteiger partial charge in [0.1, 0.15) is 6.10 Å². The Labute approximate surface area is 99.7 Å². The summed E-state index contributed by atoms with van der Waals surface area (Å²) in [5.74, 6) is 0. The summed E-state index contributed by atoms with van der Waals surface area (Å²) in [5, 5.41) is 22.0. The quantitative estimate of drug-likeness (QED) is 0.535. The van der Waals surface area contributed by atoms with Crippen LogP contribution in [0.2, 0.25) is 0 Å². The minimum absolute atomic E-state index is 0.0299. The van der Waals surface area contributed by atoms with Gasteiger partial charge in [0.25, 0.3) is 10.1 Å². The average Bonchev–Trinajstić information content (AvgIpc) is 2.27. The van der Waals surface area contributed by atoms with Crippen molar-refractivity contribution in [1.29, 1.82) is 0 Å². The van der Waals surface area contributed by atoms with Gasteiger partial charge in [-0.25, -0.2) is 0 Å². The third kappa shape index (κ3) is 3.48. The van der Waals surface area contributed by atoms with Crippen molar-refractivity contribution in [3.8, 4) is 0 Å². The zero-order valence-corrected chi connectivity index (χ0v) is 10.1. The van der Waals surface area contributed by atoms with E-state index < -0.39 is 27.2 Å². The highest BCUT2D eigenvalue weighted by Gasteiger charge is 2.24. The number of hydrogen-bond acceptors (Lipinski definition) is 5. The van der Waals surface area contributed by atoms with Gasteiger partial charge in [0.15, 0.2) is 0 Å². The van der Waals surface area contributed by atoms with Crippen molar-refractivity contribution in [2.24, 2.45) is 0 Å². The normalized spacial score (nSPS) is 15.5. The third-order valence-electron chi connectivity index (χ3n) is 2.29. The lowest BCUT2D eigenvalue weighted by molar-refractivity contribution is 0.0185. The molecule has 0 aliphatic rings. The van der Waals surface area contributed by atoms with Gasteiger partial charge < -0.3 is 15.5 Å².